The summed E-state index contributed by atoms with van der Waals surface area (Å²) in [6.07, 6.45) is 2.07. The van der Waals surface area contributed by atoms with Crippen LogP contribution in [0.25, 0.3) is 0 Å². The van der Waals surface area contributed by atoms with Gasteiger partial charge < -0.3 is 20.1 Å². The van der Waals surface area contributed by atoms with Crippen LogP contribution in [0.3, 0.4) is 0 Å². The quantitative estimate of drug-likeness (QED) is 0.883. The average Bonchev–Trinajstić information content (AvgIpc) is 2.85. The van der Waals surface area contributed by atoms with Gasteiger partial charge in [0.15, 0.2) is 11.5 Å². The summed E-state index contributed by atoms with van der Waals surface area (Å²) < 4.78 is 10.7. The molecule has 1 atom stereocenters. The molecule has 18 heavy (non-hydrogen) atoms. The molecule has 0 aliphatic carbocycles. The third-order valence-electron chi connectivity index (χ3n) is 2.90. The molecule has 1 aliphatic heterocycles. The lowest BCUT2D eigenvalue weighted by atomic mass is 10.1. The molecule has 2 N–H and O–H groups in total. The van der Waals surface area contributed by atoms with E-state index < -0.39 is 0 Å². The molecule has 0 saturated heterocycles. The summed E-state index contributed by atoms with van der Waals surface area (Å²) in [4.78, 5) is 2.21. The monoisotopic (exact) mass is 266 g/mol. The Bertz CT molecular complexity index is 437. The standard InChI is InChI=1S/C13H18N2O2S/c1-16-11-5-3-4-10(13(11)17-2)9-15-6-7-18-12(15)8-14/h3-7,12H,8-9,14H2,1-2H3. The van der Waals surface area contributed by atoms with Crippen molar-refractivity contribution in [3.8, 4) is 11.5 Å². The lowest BCUT2D eigenvalue weighted by Gasteiger charge is -2.24. The zero-order valence-corrected chi connectivity index (χ0v) is 11.4. The summed E-state index contributed by atoms with van der Waals surface area (Å²) >= 11 is 1.74. The number of rotatable bonds is 5. The molecule has 0 aromatic heterocycles. The molecule has 1 aromatic carbocycles. The summed E-state index contributed by atoms with van der Waals surface area (Å²) in [5.74, 6) is 1.55. The van der Waals surface area contributed by atoms with Crippen LogP contribution in [0.4, 0.5) is 0 Å². The molecule has 0 fully saturated rings. The summed E-state index contributed by atoms with van der Waals surface area (Å²) in [5, 5.41) is 2.38. The molecule has 1 heterocycles. The smallest absolute Gasteiger partial charge is 0.165 e. The predicted octanol–water partition coefficient (Wildman–Crippen LogP) is 2.01. The second kappa shape index (κ2) is 6.02. The van der Waals surface area contributed by atoms with Crippen LogP contribution < -0.4 is 15.2 Å². The Hall–Kier alpha value is -1.33. The normalized spacial score (nSPS) is 18.2. The molecular weight excluding hydrogens is 248 g/mol. The molecule has 0 bridgehead atoms. The van der Waals surface area contributed by atoms with Crippen LogP contribution in [0, 0.1) is 0 Å². The van der Waals surface area contributed by atoms with Crippen molar-refractivity contribution in [2.45, 2.75) is 11.9 Å². The van der Waals surface area contributed by atoms with Gasteiger partial charge in [-0.3, -0.25) is 0 Å². The number of methoxy groups -OCH3 is 2. The highest BCUT2D eigenvalue weighted by atomic mass is 32.2. The first-order valence-electron chi connectivity index (χ1n) is 5.78. The van der Waals surface area contributed by atoms with E-state index in [0.717, 1.165) is 23.6 Å². The third-order valence-corrected chi connectivity index (χ3v) is 3.95. The van der Waals surface area contributed by atoms with Gasteiger partial charge in [-0.05, 0) is 11.5 Å². The zero-order chi connectivity index (χ0) is 13.0. The van der Waals surface area contributed by atoms with Crippen LogP contribution in [-0.4, -0.2) is 31.0 Å². The first-order chi connectivity index (χ1) is 8.80. The summed E-state index contributed by atoms with van der Waals surface area (Å²) in [6.45, 7) is 1.40. The van der Waals surface area contributed by atoms with Crippen molar-refractivity contribution >= 4 is 11.8 Å². The highest BCUT2D eigenvalue weighted by Gasteiger charge is 2.20. The largest absolute Gasteiger partial charge is 0.493 e. The maximum absolute atomic E-state index is 5.75. The molecule has 1 aromatic rings. The Morgan fingerprint density at radius 2 is 2.17 bits per heavy atom. The molecular formula is C13H18N2O2S. The van der Waals surface area contributed by atoms with Crippen molar-refractivity contribution in [1.82, 2.24) is 4.90 Å². The second-order valence-corrected chi connectivity index (χ2v) is 5.03. The molecule has 0 saturated carbocycles. The van der Waals surface area contributed by atoms with E-state index in [9.17, 15) is 0 Å². The van der Waals surface area contributed by atoms with Crippen LogP contribution in [0.1, 0.15) is 5.56 Å². The summed E-state index contributed by atoms with van der Waals surface area (Å²) in [6, 6.07) is 5.92. The molecule has 2 rings (SSSR count). The topological polar surface area (TPSA) is 47.7 Å². The minimum absolute atomic E-state index is 0.306. The number of ether oxygens (including phenoxy) is 2. The first-order valence-corrected chi connectivity index (χ1v) is 6.72. The van der Waals surface area contributed by atoms with E-state index >= 15 is 0 Å². The van der Waals surface area contributed by atoms with Gasteiger partial charge in [0, 0.05) is 24.9 Å². The maximum atomic E-state index is 5.75. The minimum Gasteiger partial charge on any atom is -0.493 e. The number of nitrogens with two attached hydrogens (primary N) is 1. The van der Waals surface area contributed by atoms with E-state index in [1.807, 2.05) is 18.2 Å². The SMILES string of the molecule is COc1cccc(CN2C=CSC2CN)c1OC. The van der Waals surface area contributed by atoms with Gasteiger partial charge >= 0.3 is 0 Å². The Morgan fingerprint density at radius 3 is 2.83 bits per heavy atom. The molecule has 98 valence electrons. The van der Waals surface area contributed by atoms with Crippen molar-refractivity contribution in [2.24, 2.45) is 5.73 Å². The molecule has 4 nitrogen and oxygen atoms in total. The Labute approximate surface area is 112 Å². The number of para-hydroxylation sites is 1. The van der Waals surface area contributed by atoms with Crippen LogP contribution in [0.15, 0.2) is 29.8 Å². The summed E-state index contributed by atoms with van der Waals surface area (Å²) in [7, 11) is 3.31. The van der Waals surface area contributed by atoms with E-state index in [0.29, 0.717) is 11.9 Å². The lowest BCUT2D eigenvalue weighted by molar-refractivity contribution is 0.327. The van der Waals surface area contributed by atoms with Gasteiger partial charge in [-0.1, -0.05) is 12.1 Å². The number of hydrogen-bond donors (Lipinski definition) is 1. The Kier molecular flexibility index (Phi) is 4.38. The van der Waals surface area contributed by atoms with Gasteiger partial charge in [0.05, 0.1) is 19.6 Å². The highest BCUT2D eigenvalue weighted by molar-refractivity contribution is 8.02. The fraction of sp³-hybridized carbons (Fsp3) is 0.385. The van der Waals surface area contributed by atoms with E-state index in [4.69, 9.17) is 15.2 Å². The Balaban J connectivity index is 2.20. The van der Waals surface area contributed by atoms with Gasteiger partial charge in [0.2, 0.25) is 0 Å². The van der Waals surface area contributed by atoms with Crippen molar-refractivity contribution in [1.29, 1.82) is 0 Å². The van der Waals surface area contributed by atoms with E-state index in [1.54, 1.807) is 26.0 Å². The van der Waals surface area contributed by atoms with Crippen LogP contribution in [0.2, 0.25) is 0 Å². The van der Waals surface area contributed by atoms with E-state index in [2.05, 4.69) is 16.5 Å². The van der Waals surface area contributed by atoms with Crippen molar-refractivity contribution in [2.75, 3.05) is 20.8 Å². The number of nitrogens with zero attached hydrogens (tertiary/aromatic N) is 1. The first kappa shape index (κ1) is 13.1. The fourth-order valence-electron chi connectivity index (χ4n) is 2.00. The van der Waals surface area contributed by atoms with Gasteiger partial charge in [0.25, 0.3) is 0 Å². The minimum atomic E-state index is 0.306. The third kappa shape index (κ3) is 2.57. The Morgan fingerprint density at radius 1 is 1.33 bits per heavy atom. The number of benzene rings is 1. The van der Waals surface area contributed by atoms with Crippen LogP contribution >= 0.6 is 11.8 Å². The van der Waals surface area contributed by atoms with Gasteiger partial charge in [-0.15, -0.1) is 11.8 Å². The number of hydrogen-bond acceptors (Lipinski definition) is 5. The van der Waals surface area contributed by atoms with Crippen molar-refractivity contribution in [3.63, 3.8) is 0 Å². The predicted molar refractivity (Wildman–Crippen MR) is 74.7 cm³/mol. The zero-order valence-electron chi connectivity index (χ0n) is 10.6. The number of thioether (sulfide) groups is 1. The maximum Gasteiger partial charge on any atom is 0.165 e. The lowest BCUT2D eigenvalue weighted by Crippen LogP contribution is -2.31. The average molecular weight is 266 g/mol. The second-order valence-electron chi connectivity index (χ2n) is 3.94. The van der Waals surface area contributed by atoms with E-state index in [-0.39, 0.29) is 0 Å². The van der Waals surface area contributed by atoms with Gasteiger partial charge in [0.1, 0.15) is 0 Å². The highest BCUT2D eigenvalue weighted by Crippen LogP contribution is 2.34. The molecule has 1 aliphatic rings. The fourth-order valence-corrected chi connectivity index (χ4v) is 2.82. The molecule has 0 spiro atoms. The van der Waals surface area contributed by atoms with Gasteiger partial charge in [-0.2, -0.15) is 0 Å². The van der Waals surface area contributed by atoms with Gasteiger partial charge in [-0.25, -0.2) is 0 Å². The molecule has 1 unspecified atom stereocenters. The van der Waals surface area contributed by atoms with Crippen LogP contribution in [-0.2, 0) is 6.54 Å². The van der Waals surface area contributed by atoms with E-state index in [1.165, 1.54) is 0 Å². The molecule has 5 heteroatoms. The van der Waals surface area contributed by atoms with Crippen molar-refractivity contribution in [3.05, 3.63) is 35.4 Å². The van der Waals surface area contributed by atoms with Crippen molar-refractivity contribution < 1.29 is 9.47 Å². The summed E-state index contributed by atoms with van der Waals surface area (Å²) in [5.41, 5.74) is 6.85. The molecule has 0 radical (unpaired) electrons. The van der Waals surface area contributed by atoms with Crippen LogP contribution in [0.5, 0.6) is 11.5 Å². The molecule has 0 amide bonds.